The maximum Gasteiger partial charge on any atom is 0.0986 e. The molecule has 4 N–H and O–H groups in total. The van der Waals surface area contributed by atoms with Gasteiger partial charge in [-0.25, -0.2) is 0 Å². The van der Waals surface area contributed by atoms with E-state index in [1.54, 1.807) is 0 Å². The summed E-state index contributed by atoms with van der Waals surface area (Å²) >= 11 is 0. The molecule has 184 valence electrons. The summed E-state index contributed by atoms with van der Waals surface area (Å²) in [6.07, 6.45) is 8.11. The Balaban J connectivity index is 1.61. The largest absolute Gasteiger partial charge is 0.393 e. The van der Waals surface area contributed by atoms with Gasteiger partial charge in [-0.05, 0) is 85.4 Å². The number of rotatable bonds is 4. The molecule has 4 fully saturated rings. The van der Waals surface area contributed by atoms with Crippen molar-refractivity contribution in [3.8, 4) is 0 Å². The van der Waals surface area contributed by atoms with Crippen LogP contribution in [0.3, 0.4) is 0 Å². The van der Waals surface area contributed by atoms with E-state index in [0.29, 0.717) is 48.9 Å². The van der Waals surface area contributed by atoms with Gasteiger partial charge in [0.25, 0.3) is 0 Å². The standard InChI is InChI=1S/C28H48O4/c1-16(2)17(3)7-8-18(4)21-9-10-22-20-13-24(31)28(32)14-19(29)11-12-27(28,6)25(20)23(30)15-26(21,22)5/h7-8,16-25,29-32H,9-15H2,1-6H3/t17-,18+,19-,20-,21+,22-,23+,24+,25+,26+,27+,28-/m0/s1. The first-order chi connectivity index (χ1) is 14.8. The van der Waals surface area contributed by atoms with Gasteiger partial charge in [0, 0.05) is 11.8 Å². The molecule has 32 heavy (non-hydrogen) atoms. The summed E-state index contributed by atoms with van der Waals surface area (Å²) < 4.78 is 0. The lowest BCUT2D eigenvalue weighted by Crippen LogP contribution is -2.71. The fourth-order valence-electron chi connectivity index (χ4n) is 8.99. The minimum atomic E-state index is -1.30. The van der Waals surface area contributed by atoms with Crippen LogP contribution in [0.5, 0.6) is 0 Å². The summed E-state index contributed by atoms with van der Waals surface area (Å²) in [5.41, 5.74) is -1.79. The van der Waals surface area contributed by atoms with Crippen molar-refractivity contribution in [2.75, 3.05) is 0 Å². The first-order valence-corrected chi connectivity index (χ1v) is 13.3. The van der Waals surface area contributed by atoms with Crippen molar-refractivity contribution in [1.29, 1.82) is 0 Å². The fourth-order valence-corrected chi connectivity index (χ4v) is 8.99. The number of aliphatic hydroxyl groups is 4. The van der Waals surface area contributed by atoms with Crippen molar-refractivity contribution in [3.63, 3.8) is 0 Å². The summed E-state index contributed by atoms with van der Waals surface area (Å²) in [7, 11) is 0. The van der Waals surface area contributed by atoms with Gasteiger partial charge in [-0.1, -0.05) is 53.7 Å². The van der Waals surface area contributed by atoms with E-state index in [4.69, 9.17) is 0 Å². The van der Waals surface area contributed by atoms with E-state index in [2.05, 4.69) is 53.7 Å². The van der Waals surface area contributed by atoms with Crippen molar-refractivity contribution in [2.45, 2.75) is 110 Å². The molecule has 4 aliphatic rings. The van der Waals surface area contributed by atoms with Gasteiger partial charge in [0.05, 0.1) is 23.9 Å². The van der Waals surface area contributed by atoms with Crippen molar-refractivity contribution in [3.05, 3.63) is 12.2 Å². The summed E-state index contributed by atoms with van der Waals surface area (Å²) in [6, 6.07) is 0. The van der Waals surface area contributed by atoms with E-state index >= 15 is 0 Å². The molecule has 12 atom stereocenters. The molecule has 0 aliphatic heterocycles. The van der Waals surface area contributed by atoms with Crippen LogP contribution in [0.1, 0.15) is 86.5 Å². The summed E-state index contributed by atoms with van der Waals surface area (Å²) in [4.78, 5) is 0. The molecular weight excluding hydrogens is 400 g/mol. The predicted molar refractivity (Wildman–Crippen MR) is 128 cm³/mol. The molecule has 0 aromatic rings. The maximum atomic E-state index is 11.6. The van der Waals surface area contributed by atoms with E-state index in [9.17, 15) is 20.4 Å². The monoisotopic (exact) mass is 448 g/mol. The second-order valence-corrected chi connectivity index (χ2v) is 13.1. The fraction of sp³-hybridized carbons (Fsp3) is 0.929. The van der Waals surface area contributed by atoms with Crippen LogP contribution in [0.4, 0.5) is 0 Å². The lowest BCUT2D eigenvalue weighted by atomic mass is 9.41. The van der Waals surface area contributed by atoms with Crippen LogP contribution < -0.4 is 0 Å². The van der Waals surface area contributed by atoms with Crippen molar-refractivity contribution >= 4 is 0 Å². The van der Waals surface area contributed by atoms with Crippen LogP contribution in [-0.4, -0.2) is 44.3 Å². The Morgan fingerprint density at radius 3 is 2.25 bits per heavy atom. The minimum absolute atomic E-state index is 0.00737. The molecule has 4 rings (SSSR count). The normalized spacial score (nSPS) is 53.0. The number of hydrogen-bond acceptors (Lipinski definition) is 4. The van der Waals surface area contributed by atoms with Gasteiger partial charge >= 0.3 is 0 Å². The third-order valence-electron chi connectivity index (χ3n) is 11.2. The summed E-state index contributed by atoms with van der Waals surface area (Å²) in [6.45, 7) is 13.6. The van der Waals surface area contributed by atoms with Crippen LogP contribution in [0, 0.1) is 52.3 Å². The van der Waals surface area contributed by atoms with Crippen LogP contribution in [0.25, 0.3) is 0 Å². The highest BCUT2D eigenvalue weighted by atomic mass is 16.3. The zero-order valence-corrected chi connectivity index (χ0v) is 21.2. The van der Waals surface area contributed by atoms with Gasteiger partial charge < -0.3 is 20.4 Å². The van der Waals surface area contributed by atoms with E-state index in [1.165, 1.54) is 6.42 Å². The number of fused-ring (bicyclic) bond motifs is 5. The highest BCUT2D eigenvalue weighted by molar-refractivity contribution is 5.19. The molecule has 0 bridgehead atoms. The van der Waals surface area contributed by atoms with Gasteiger partial charge in [0.15, 0.2) is 0 Å². The molecule has 4 aliphatic carbocycles. The molecule has 4 saturated carbocycles. The van der Waals surface area contributed by atoms with Crippen LogP contribution in [0.15, 0.2) is 12.2 Å². The predicted octanol–water partition coefficient (Wildman–Crippen LogP) is 4.55. The molecule has 0 saturated heterocycles. The number of aliphatic hydroxyl groups excluding tert-OH is 3. The molecule has 0 unspecified atom stereocenters. The molecule has 0 heterocycles. The molecule has 0 spiro atoms. The van der Waals surface area contributed by atoms with Crippen LogP contribution >= 0.6 is 0 Å². The Kier molecular flexibility index (Phi) is 6.45. The van der Waals surface area contributed by atoms with Crippen LogP contribution in [-0.2, 0) is 0 Å². The average Bonchev–Trinajstić information content (AvgIpc) is 3.04. The lowest BCUT2D eigenvalue weighted by Gasteiger charge is -2.66. The van der Waals surface area contributed by atoms with Gasteiger partial charge in [0.1, 0.15) is 0 Å². The maximum absolute atomic E-state index is 11.6. The van der Waals surface area contributed by atoms with Gasteiger partial charge in [-0.15, -0.1) is 0 Å². The molecular formula is C28H48O4. The third-order valence-corrected chi connectivity index (χ3v) is 11.2. The number of allylic oxidation sites excluding steroid dienone is 2. The first kappa shape index (κ1) is 24.7. The highest BCUT2D eigenvalue weighted by Gasteiger charge is 2.69. The Morgan fingerprint density at radius 1 is 0.906 bits per heavy atom. The Bertz CT molecular complexity index is 720. The molecule has 0 amide bonds. The first-order valence-electron chi connectivity index (χ1n) is 13.3. The molecule has 0 aromatic carbocycles. The van der Waals surface area contributed by atoms with Crippen molar-refractivity contribution in [2.24, 2.45) is 52.3 Å². The van der Waals surface area contributed by atoms with Crippen molar-refractivity contribution < 1.29 is 20.4 Å². The van der Waals surface area contributed by atoms with Gasteiger partial charge in [0.2, 0.25) is 0 Å². The second-order valence-electron chi connectivity index (χ2n) is 13.1. The third kappa shape index (κ3) is 3.54. The van der Waals surface area contributed by atoms with E-state index in [0.717, 1.165) is 12.8 Å². The van der Waals surface area contributed by atoms with Crippen LogP contribution in [0.2, 0.25) is 0 Å². The Morgan fingerprint density at radius 2 is 1.59 bits per heavy atom. The second kappa shape index (κ2) is 8.36. The topological polar surface area (TPSA) is 80.9 Å². The smallest absolute Gasteiger partial charge is 0.0986 e. The quantitative estimate of drug-likeness (QED) is 0.476. The minimum Gasteiger partial charge on any atom is -0.393 e. The average molecular weight is 449 g/mol. The zero-order chi connectivity index (χ0) is 23.6. The zero-order valence-electron chi connectivity index (χ0n) is 21.2. The Labute approximate surface area is 195 Å². The van der Waals surface area contributed by atoms with E-state index in [-0.39, 0.29) is 23.7 Å². The number of hydrogen-bond donors (Lipinski definition) is 4. The lowest BCUT2D eigenvalue weighted by molar-refractivity contribution is -0.282. The highest BCUT2D eigenvalue weighted by Crippen LogP contribution is 2.69. The summed E-state index contributed by atoms with van der Waals surface area (Å²) in [5, 5.41) is 44.7. The van der Waals surface area contributed by atoms with Gasteiger partial charge in [-0.3, -0.25) is 0 Å². The SMILES string of the molecule is CC(C)[C@@H](C)C=C[C@@H](C)[C@H]1CC[C@H]2[C@@H]3C[C@@H](O)[C@@]4(O)C[C@@H](O)CC[C@]4(C)[C@H]3[C@H](O)C[C@]12C. The molecule has 4 heteroatoms. The molecule has 0 aromatic heterocycles. The van der Waals surface area contributed by atoms with E-state index in [1.807, 2.05) is 0 Å². The van der Waals surface area contributed by atoms with Gasteiger partial charge in [-0.2, -0.15) is 0 Å². The molecule has 0 radical (unpaired) electrons. The summed E-state index contributed by atoms with van der Waals surface area (Å²) in [5.74, 6) is 2.92. The molecule has 4 nitrogen and oxygen atoms in total. The van der Waals surface area contributed by atoms with Crippen molar-refractivity contribution in [1.82, 2.24) is 0 Å². The Hall–Kier alpha value is -0.420. The van der Waals surface area contributed by atoms with E-state index < -0.39 is 29.3 Å².